The molecule has 1 aliphatic rings. The van der Waals surface area contributed by atoms with E-state index in [1.807, 2.05) is 6.92 Å². The van der Waals surface area contributed by atoms with Crippen molar-refractivity contribution in [3.63, 3.8) is 0 Å². The van der Waals surface area contributed by atoms with Crippen LogP contribution in [0.15, 0.2) is 0 Å². The van der Waals surface area contributed by atoms with Gasteiger partial charge in [-0.1, -0.05) is 47.5 Å². The number of urea groups is 1. The number of carbonyl (C=O) groups excluding carboxylic acids is 2. The average molecular weight is 341 g/mol. The van der Waals surface area contributed by atoms with Gasteiger partial charge in [0.1, 0.15) is 5.54 Å². The predicted octanol–water partition coefficient (Wildman–Crippen LogP) is 2.80. The average Bonchev–Trinajstić information content (AvgIpc) is 2.76. The van der Waals surface area contributed by atoms with Gasteiger partial charge in [0, 0.05) is 0 Å². The quantitative estimate of drug-likeness (QED) is 0.543. The van der Waals surface area contributed by atoms with Gasteiger partial charge in [-0.25, -0.2) is 9.69 Å². The lowest BCUT2D eigenvalue weighted by Crippen LogP contribution is -2.51. The van der Waals surface area contributed by atoms with Crippen LogP contribution < -0.4 is 0 Å². The first-order valence-corrected chi connectivity index (χ1v) is 9.47. The van der Waals surface area contributed by atoms with E-state index in [1.165, 1.54) is 4.90 Å². The zero-order chi connectivity index (χ0) is 18.3. The van der Waals surface area contributed by atoms with Gasteiger partial charge in [0.2, 0.25) is 0 Å². The molecule has 24 heavy (non-hydrogen) atoms. The standard InChI is InChI=1S/C18H36N4O2/c1-7-12-13-18(6)16(23)21(14-19(8-2)9-3)17(24)22(18)15-20(10-4)11-5/h7-15H2,1-6H3. The summed E-state index contributed by atoms with van der Waals surface area (Å²) in [6, 6.07) is -0.141. The Bertz CT molecular complexity index is 421. The fourth-order valence-corrected chi connectivity index (χ4v) is 3.20. The fraction of sp³-hybridized carbons (Fsp3) is 0.889. The molecule has 0 aromatic heterocycles. The van der Waals surface area contributed by atoms with Crippen molar-refractivity contribution in [2.24, 2.45) is 0 Å². The Morgan fingerprint density at radius 3 is 1.83 bits per heavy atom. The molecule has 0 aliphatic carbocycles. The number of hydrogen-bond donors (Lipinski definition) is 0. The van der Waals surface area contributed by atoms with Crippen LogP contribution in [-0.2, 0) is 4.79 Å². The minimum atomic E-state index is -0.719. The Morgan fingerprint density at radius 2 is 1.38 bits per heavy atom. The van der Waals surface area contributed by atoms with Crippen LogP contribution in [0.1, 0.15) is 60.8 Å². The summed E-state index contributed by atoms with van der Waals surface area (Å²) in [7, 11) is 0. The summed E-state index contributed by atoms with van der Waals surface area (Å²) in [4.78, 5) is 33.6. The molecule has 0 aromatic carbocycles. The van der Waals surface area contributed by atoms with E-state index in [2.05, 4.69) is 44.4 Å². The Balaban J connectivity index is 3.07. The maximum Gasteiger partial charge on any atom is 0.329 e. The van der Waals surface area contributed by atoms with Crippen LogP contribution >= 0.6 is 0 Å². The second-order valence-electron chi connectivity index (χ2n) is 6.71. The summed E-state index contributed by atoms with van der Waals surface area (Å²) in [6.45, 7) is 16.6. The number of carbonyl (C=O) groups is 2. The molecule has 0 bridgehead atoms. The van der Waals surface area contributed by atoms with Gasteiger partial charge in [-0.05, 0) is 39.5 Å². The summed E-state index contributed by atoms with van der Waals surface area (Å²) in [5, 5.41) is 0. The molecule has 6 heteroatoms. The highest BCUT2D eigenvalue weighted by atomic mass is 16.2. The van der Waals surface area contributed by atoms with Crippen LogP contribution in [0.2, 0.25) is 0 Å². The summed E-state index contributed by atoms with van der Waals surface area (Å²) < 4.78 is 0. The van der Waals surface area contributed by atoms with Crippen LogP contribution in [0.4, 0.5) is 4.79 Å². The summed E-state index contributed by atoms with van der Waals surface area (Å²) in [6.07, 6.45) is 2.69. The minimum Gasteiger partial charge on any atom is -0.297 e. The van der Waals surface area contributed by atoms with E-state index in [0.29, 0.717) is 13.3 Å². The molecule has 0 aromatic rings. The van der Waals surface area contributed by atoms with Crippen molar-refractivity contribution < 1.29 is 9.59 Å². The molecule has 3 amide bonds. The molecule has 0 saturated carbocycles. The van der Waals surface area contributed by atoms with Crippen molar-refractivity contribution in [1.29, 1.82) is 0 Å². The molecule has 0 radical (unpaired) electrons. The lowest BCUT2D eigenvalue weighted by atomic mass is 9.93. The first-order valence-electron chi connectivity index (χ1n) is 9.47. The van der Waals surface area contributed by atoms with Crippen LogP contribution in [0, 0.1) is 0 Å². The third kappa shape index (κ3) is 4.28. The highest BCUT2D eigenvalue weighted by molar-refractivity contribution is 6.06. The molecule has 1 unspecified atom stereocenters. The van der Waals surface area contributed by atoms with Crippen molar-refractivity contribution in [2.75, 3.05) is 39.5 Å². The zero-order valence-corrected chi connectivity index (χ0v) is 16.5. The van der Waals surface area contributed by atoms with E-state index >= 15 is 0 Å². The monoisotopic (exact) mass is 340 g/mol. The van der Waals surface area contributed by atoms with Gasteiger partial charge in [-0.2, -0.15) is 0 Å². The summed E-state index contributed by atoms with van der Waals surface area (Å²) in [5.74, 6) is -0.0417. The molecule has 1 aliphatic heterocycles. The van der Waals surface area contributed by atoms with Gasteiger partial charge in [0.25, 0.3) is 5.91 Å². The Kier molecular flexibility index (Phi) is 8.16. The van der Waals surface area contributed by atoms with Gasteiger partial charge < -0.3 is 0 Å². The fourth-order valence-electron chi connectivity index (χ4n) is 3.20. The topological polar surface area (TPSA) is 47.1 Å². The second kappa shape index (κ2) is 9.37. The van der Waals surface area contributed by atoms with Crippen LogP contribution in [0.25, 0.3) is 0 Å². The van der Waals surface area contributed by atoms with E-state index in [-0.39, 0.29) is 11.9 Å². The van der Waals surface area contributed by atoms with Crippen molar-refractivity contribution in [1.82, 2.24) is 19.6 Å². The molecule has 140 valence electrons. The Hall–Kier alpha value is -1.14. The van der Waals surface area contributed by atoms with Crippen molar-refractivity contribution in [3.05, 3.63) is 0 Å². The molecule has 1 heterocycles. The number of amides is 3. The van der Waals surface area contributed by atoms with Gasteiger partial charge >= 0.3 is 6.03 Å². The van der Waals surface area contributed by atoms with Gasteiger partial charge in [-0.3, -0.25) is 19.5 Å². The molecular formula is C18H36N4O2. The molecular weight excluding hydrogens is 304 g/mol. The van der Waals surface area contributed by atoms with Gasteiger partial charge in [-0.15, -0.1) is 0 Å². The SMILES string of the molecule is CCCCC1(C)C(=O)N(CN(CC)CC)C(=O)N1CN(CC)CC. The predicted molar refractivity (Wildman–Crippen MR) is 97.6 cm³/mol. The highest BCUT2D eigenvalue weighted by Crippen LogP contribution is 2.33. The van der Waals surface area contributed by atoms with E-state index in [0.717, 1.165) is 45.4 Å². The molecule has 0 N–H and O–H groups in total. The number of unbranched alkanes of at least 4 members (excludes halogenated alkanes) is 1. The molecule has 1 atom stereocenters. The lowest BCUT2D eigenvalue weighted by molar-refractivity contribution is -0.134. The van der Waals surface area contributed by atoms with E-state index < -0.39 is 5.54 Å². The third-order valence-corrected chi connectivity index (χ3v) is 5.25. The van der Waals surface area contributed by atoms with Crippen molar-refractivity contribution in [3.8, 4) is 0 Å². The number of nitrogens with zero attached hydrogens (tertiary/aromatic N) is 4. The Morgan fingerprint density at radius 1 is 0.875 bits per heavy atom. The zero-order valence-electron chi connectivity index (χ0n) is 16.5. The summed E-state index contributed by atoms with van der Waals surface area (Å²) in [5.41, 5.74) is -0.719. The lowest BCUT2D eigenvalue weighted by Gasteiger charge is -2.35. The first-order chi connectivity index (χ1) is 11.4. The normalized spacial score (nSPS) is 21.7. The number of hydrogen-bond acceptors (Lipinski definition) is 4. The molecule has 0 spiro atoms. The summed E-state index contributed by atoms with van der Waals surface area (Å²) >= 11 is 0. The molecule has 6 nitrogen and oxygen atoms in total. The molecule has 1 rings (SSSR count). The second-order valence-corrected chi connectivity index (χ2v) is 6.71. The van der Waals surface area contributed by atoms with E-state index in [4.69, 9.17) is 0 Å². The number of rotatable bonds is 11. The van der Waals surface area contributed by atoms with Crippen LogP contribution in [0.5, 0.6) is 0 Å². The first kappa shape index (κ1) is 20.9. The van der Waals surface area contributed by atoms with Crippen molar-refractivity contribution >= 4 is 11.9 Å². The maximum absolute atomic E-state index is 13.1. The third-order valence-electron chi connectivity index (χ3n) is 5.25. The van der Waals surface area contributed by atoms with Crippen LogP contribution in [-0.4, -0.2) is 76.6 Å². The van der Waals surface area contributed by atoms with E-state index in [1.54, 1.807) is 4.90 Å². The minimum absolute atomic E-state index is 0.0417. The number of imide groups is 1. The molecule has 1 saturated heterocycles. The Labute approximate surface area is 147 Å². The van der Waals surface area contributed by atoms with Crippen LogP contribution in [0.3, 0.4) is 0 Å². The van der Waals surface area contributed by atoms with E-state index in [9.17, 15) is 9.59 Å². The smallest absolute Gasteiger partial charge is 0.297 e. The van der Waals surface area contributed by atoms with Gasteiger partial charge in [0.15, 0.2) is 0 Å². The largest absolute Gasteiger partial charge is 0.329 e. The van der Waals surface area contributed by atoms with Gasteiger partial charge in [0.05, 0.1) is 13.3 Å². The maximum atomic E-state index is 13.1. The molecule has 1 fully saturated rings. The highest BCUT2D eigenvalue weighted by Gasteiger charge is 2.54. The van der Waals surface area contributed by atoms with Crippen molar-refractivity contribution in [2.45, 2.75) is 66.3 Å².